The molecular formula is C23H24N2O2. The Morgan fingerprint density at radius 3 is 2.59 bits per heavy atom. The van der Waals surface area contributed by atoms with Crippen molar-refractivity contribution in [2.75, 3.05) is 5.32 Å². The summed E-state index contributed by atoms with van der Waals surface area (Å²) in [4.78, 5) is 12.1. The van der Waals surface area contributed by atoms with Gasteiger partial charge in [-0.3, -0.25) is 4.79 Å². The Labute approximate surface area is 159 Å². The minimum absolute atomic E-state index is 0.149. The van der Waals surface area contributed by atoms with Gasteiger partial charge in [0.1, 0.15) is 11.5 Å². The van der Waals surface area contributed by atoms with Crippen molar-refractivity contribution >= 4 is 11.6 Å². The van der Waals surface area contributed by atoms with Crippen LogP contribution in [0.4, 0.5) is 5.69 Å². The highest BCUT2D eigenvalue weighted by Gasteiger charge is 2.25. The van der Waals surface area contributed by atoms with Crippen molar-refractivity contribution in [1.29, 1.82) is 0 Å². The van der Waals surface area contributed by atoms with Gasteiger partial charge in [0.05, 0.1) is 6.54 Å². The second-order valence-corrected chi connectivity index (χ2v) is 7.05. The fraction of sp³-hybridized carbons (Fsp3) is 0.261. The van der Waals surface area contributed by atoms with Crippen LogP contribution in [0.1, 0.15) is 30.6 Å². The van der Waals surface area contributed by atoms with Crippen molar-refractivity contribution < 1.29 is 9.21 Å². The van der Waals surface area contributed by atoms with Gasteiger partial charge < -0.3 is 15.1 Å². The fourth-order valence-electron chi connectivity index (χ4n) is 3.23. The zero-order valence-electron chi connectivity index (χ0n) is 15.3. The summed E-state index contributed by atoms with van der Waals surface area (Å²) in [5, 5.41) is 6.43. The molecule has 1 aromatic heterocycles. The van der Waals surface area contributed by atoms with Crippen LogP contribution in [-0.4, -0.2) is 5.91 Å². The summed E-state index contributed by atoms with van der Waals surface area (Å²) < 4.78 is 5.91. The standard InChI is InChI=1S/C23H24N2O2/c26-23(19-9-5-10-19)25-20-11-4-6-17(14-20)15-24-16-21-12-13-22(27-21)18-7-2-1-3-8-18/h1-4,6-8,11-14,19,24H,5,9-10,15-16H2,(H,25,26). The monoisotopic (exact) mass is 360 g/mol. The summed E-state index contributed by atoms with van der Waals surface area (Å²) in [6, 6.07) is 22.1. The molecule has 0 radical (unpaired) electrons. The number of nitrogens with one attached hydrogen (secondary N) is 2. The third-order valence-corrected chi connectivity index (χ3v) is 5.02. The molecule has 1 aliphatic carbocycles. The van der Waals surface area contributed by atoms with Gasteiger partial charge in [-0.2, -0.15) is 0 Å². The molecule has 0 unspecified atom stereocenters. The molecule has 27 heavy (non-hydrogen) atoms. The van der Waals surface area contributed by atoms with E-state index in [0.717, 1.165) is 41.2 Å². The zero-order valence-corrected chi connectivity index (χ0v) is 15.3. The first-order chi connectivity index (χ1) is 13.3. The van der Waals surface area contributed by atoms with Gasteiger partial charge in [-0.15, -0.1) is 0 Å². The van der Waals surface area contributed by atoms with E-state index in [-0.39, 0.29) is 11.8 Å². The van der Waals surface area contributed by atoms with Crippen molar-refractivity contribution in [1.82, 2.24) is 5.32 Å². The van der Waals surface area contributed by atoms with E-state index in [4.69, 9.17) is 4.42 Å². The Kier molecular flexibility index (Phi) is 5.35. The summed E-state index contributed by atoms with van der Waals surface area (Å²) in [7, 11) is 0. The van der Waals surface area contributed by atoms with Gasteiger partial charge >= 0.3 is 0 Å². The molecule has 138 valence electrons. The van der Waals surface area contributed by atoms with Crippen LogP contribution in [0.25, 0.3) is 11.3 Å². The number of rotatable bonds is 7. The molecule has 4 heteroatoms. The highest BCUT2D eigenvalue weighted by atomic mass is 16.3. The summed E-state index contributed by atoms with van der Waals surface area (Å²) in [5.74, 6) is 2.14. The predicted molar refractivity (Wildman–Crippen MR) is 107 cm³/mol. The smallest absolute Gasteiger partial charge is 0.227 e. The average Bonchev–Trinajstić information content (AvgIpc) is 3.10. The maximum Gasteiger partial charge on any atom is 0.227 e. The molecule has 1 aliphatic rings. The normalized spacial score (nSPS) is 13.9. The van der Waals surface area contributed by atoms with Crippen LogP contribution in [0.3, 0.4) is 0 Å². The molecule has 0 spiro atoms. The second-order valence-electron chi connectivity index (χ2n) is 7.05. The molecule has 4 rings (SSSR count). The molecule has 2 aromatic carbocycles. The van der Waals surface area contributed by atoms with E-state index in [2.05, 4.69) is 16.7 Å². The van der Waals surface area contributed by atoms with E-state index in [1.165, 1.54) is 6.42 Å². The van der Waals surface area contributed by atoms with Crippen LogP contribution in [0.15, 0.2) is 71.1 Å². The largest absolute Gasteiger partial charge is 0.460 e. The van der Waals surface area contributed by atoms with Crippen LogP contribution in [0.2, 0.25) is 0 Å². The minimum Gasteiger partial charge on any atom is -0.460 e. The van der Waals surface area contributed by atoms with Gasteiger partial charge in [0.15, 0.2) is 0 Å². The number of amides is 1. The molecule has 1 saturated carbocycles. The van der Waals surface area contributed by atoms with Gasteiger partial charge in [-0.1, -0.05) is 48.9 Å². The highest BCUT2D eigenvalue weighted by Crippen LogP contribution is 2.27. The number of anilines is 1. The van der Waals surface area contributed by atoms with Gasteiger partial charge in [-0.05, 0) is 42.7 Å². The van der Waals surface area contributed by atoms with E-state index in [1.54, 1.807) is 0 Å². The van der Waals surface area contributed by atoms with Crippen LogP contribution in [0, 0.1) is 5.92 Å². The van der Waals surface area contributed by atoms with Gasteiger partial charge in [0.2, 0.25) is 5.91 Å². The average molecular weight is 360 g/mol. The molecule has 2 N–H and O–H groups in total. The predicted octanol–water partition coefficient (Wildman–Crippen LogP) is 4.98. The quantitative estimate of drug-likeness (QED) is 0.625. The molecule has 1 amide bonds. The maximum absolute atomic E-state index is 12.1. The van der Waals surface area contributed by atoms with E-state index < -0.39 is 0 Å². The lowest BCUT2D eigenvalue weighted by Gasteiger charge is -2.24. The lowest BCUT2D eigenvalue weighted by atomic mass is 9.85. The highest BCUT2D eigenvalue weighted by molar-refractivity contribution is 5.93. The van der Waals surface area contributed by atoms with Crippen LogP contribution >= 0.6 is 0 Å². The van der Waals surface area contributed by atoms with Gasteiger partial charge in [0.25, 0.3) is 0 Å². The molecule has 0 atom stereocenters. The van der Waals surface area contributed by atoms with E-state index in [1.807, 2.05) is 60.7 Å². The second kappa shape index (κ2) is 8.23. The van der Waals surface area contributed by atoms with Gasteiger partial charge in [-0.25, -0.2) is 0 Å². The van der Waals surface area contributed by atoms with Crippen LogP contribution in [-0.2, 0) is 17.9 Å². The summed E-state index contributed by atoms with van der Waals surface area (Å²) >= 11 is 0. The summed E-state index contributed by atoms with van der Waals surface area (Å²) in [5.41, 5.74) is 3.09. The zero-order chi connectivity index (χ0) is 18.5. The van der Waals surface area contributed by atoms with Crippen molar-refractivity contribution in [2.24, 2.45) is 5.92 Å². The number of benzene rings is 2. The third-order valence-electron chi connectivity index (χ3n) is 5.02. The Balaban J connectivity index is 1.30. The molecule has 0 bridgehead atoms. The topological polar surface area (TPSA) is 54.3 Å². The SMILES string of the molecule is O=C(Nc1cccc(CNCc2ccc(-c3ccccc3)o2)c1)C1CCC1. The lowest BCUT2D eigenvalue weighted by Crippen LogP contribution is -2.28. The van der Waals surface area contributed by atoms with E-state index >= 15 is 0 Å². The number of hydrogen-bond acceptors (Lipinski definition) is 3. The molecule has 3 aromatic rings. The van der Waals surface area contributed by atoms with Crippen molar-refractivity contribution in [3.8, 4) is 11.3 Å². The minimum atomic E-state index is 0.149. The molecule has 4 nitrogen and oxygen atoms in total. The molecule has 0 aliphatic heterocycles. The Morgan fingerprint density at radius 2 is 1.81 bits per heavy atom. The maximum atomic E-state index is 12.1. The first-order valence-electron chi connectivity index (χ1n) is 9.52. The molecule has 1 heterocycles. The van der Waals surface area contributed by atoms with Crippen molar-refractivity contribution in [3.05, 3.63) is 78.1 Å². The van der Waals surface area contributed by atoms with Crippen molar-refractivity contribution in [2.45, 2.75) is 32.4 Å². The van der Waals surface area contributed by atoms with Crippen LogP contribution in [0.5, 0.6) is 0 Å². The Bertz CT molecular complexity index is 898. The number of carbonyl (C=O) groups excluding carboxylic acids is 1. The first kappa shape index (κ1) is 17.6. The Morgan fingerprint density at radius 1 is 0.963 bits per heavy atom. The fourth-order valence-corrected chi connectivity index (χ4v) is 3.23. The number of hydrogen-bond donors (Lipinski definition) is 2. The van der Waals surface area contributed by atoms with E-state index in [0.29, 0.717) is 13.1 Å². The Hall–Kier alpha value is -2.85. The van der Waals surface area contributed by atoms with Crippen molar-refractivity contribution in [3.63, 3.8) is 0 Å². The van der Waals surface area contributed by atoms with E-state index in [9.17, 15) is 4.79 Å². The first-order valence-corrected chi connectivity index (χ1v) is 9.52. The molecule has 0 saturated heterocycles. The van der Waals surface area contributed by atoms with Gasteiger partial charge in [0, 0.05) is 23.7 Å². The number of furan rings is 1. The lowest BCUT2D eigenvalue weighted by molar-refractivity contribution is -0.122. The third kappa shape index (κ3) is 4.47. The number of carbonyl (C=O) groups is 1. The van der Waals surface area contributed by atoms with Crippen LogP contribution < -0.4 is 10.6 Å². The molecular weight excluding hydrogens is 336 g/mol. The summed E-state index contributed by atoms with van der Waals surface area (Å²) in [6.45, 7) is 1.38. The summed E-state index contributed by atoms with van der Waals surface area (Å²) in [6.07, 6.45) is 3.20. The molecule has 1 fully saturated rings.